The van der Waals surface area contributed by atoms with E-state index >= 15 is 0 Å². The molecule has 1 heterocycles. The van der Waals surface area contributed by atoms with Gasteiger partial charge in [0.2, 0.25) is 0 Å². The van der Waals surface area contributed by atoms with E-state index in [2.05, 4.69) is 15.3 Å². The van der Waals surface area contributed by atoms with E-state index < -0.39 is 0 Å². The van der Waals surface area contributed by atoms with Gasteiger partial charge in [-0.1, -0.05) is 0 Å². The molecule has 0 saturated heterocycles. The van der Waals surface area contributed by atoms with E-state index in [0.29, 0.717) is 5.82 Å². The highest BCUT2D eigenvalue weighted by Crippen LogP contribution is 2.19. The summed E-state index contributed by atoms with van der Waals surface area (Å²) in [7, 11) is 0. The van der Waals surface area contributed by atoms with Crippen molar-refractivity contribution in [2.75, 3.05) is 5.73 Å². The van der Waals surface area contributed by atoms with Crippen molar-refractivity contribution in [1.29, 1.82) is 0 Å². The molecule has 0 radical (unpaired) electrons. The number of aromatic amines is 1. The summed E-state index contributed by atoms with van der Waals surface area (Å²) >= 11 is 0. The van der Waals surface area contributed by atoms with Crippen LogP contribution in [-0.2, 0) is 6.54 Å². The molecule has 0 atom stereocenters. The third-order valence-electron chi connectivity index (χ3n) is 1.90. The van der Waals surface area contributed by atoms with Gasteiger partial charge >= 0.3 is 0 Å². The molecule has 0 aromatic carbocycles. The van der Waals surface area contributed by atoms with Crippen LogP contribution in [0.4, 0.5) is 5.82 Å². The van der Waals surface area contributed by atoms with Gasteiger partial charge in [-0.2, -0.15) is 0 Å². The molecule has 60 valence electrons. The summed E-state index contributed by atoms with van der Waals surface area (Å²) < 4.78 is 0. The molecule has 1 aliphatic rings. The van der Waals surface area contributed by atoms with Crippen LogP contribution >= 0.6 is 0 Å². The molecular formula is C7H12N4. The molecule has 1 aromatic rings. The van der Waals surface area contributed by atoms with Crippen molar-refractivity contribution in [3.63, 3.8) is 0 Å². The predicted octanol–water partition coefficient (Wildman–Crippen LogP) is 0.244. The number of nitrogens with one attached hydrogen (secondary N) is 2. The molecule has 4 N–H and O–H groups in total. The Morgan fingerprint density at radius 2 is 2.55 bits per heavy atom. The molecule has 4 nitrogen and oxygen atoms in total. The van der Waals surface area contributed by atoms with Crippen LogP contribution in [0.2, 0.25) is 0 Å². The van der Waals surface area contributed by atoms with Crippen LogP contribution in [-0.4, -0.2) is 16.0 Å². The Labute approximate surface area is 65.2 Å². The van der Waals surface area contributed by atoms with Crippen LogP contribution in [0.25, 0.3) is 0 Å². The first kappa shape index (κ1) is 6.67. The van der Waals surface area contributed by atoms with E-state index in [4.69, 9.17) is 5.73 Å². The molecule has 0 amide bonds. The van der Waals surface area contributed by atoms with E-state index in [1.165, 1.54) is 12.8 Å². The summed E-state index contributed by atoms with van der Waals surface area (Å²) in [5.74, 6) is 0.609. The number of hydrogen-bond acceptors (Lipinski definition) is 3. The molecule has 11 heavy (non-hydrogen) atoms. The smallest absolute Gasteiger partial charge is 0.146 e. The fourth-order valence-corrected chi connectivity index (χ4v) is 1.01. The summed E-state index contributed by atoms with van der Waals surface area (Å²) in [4.78, 5) is 6.89. The summed E-state index contributed by atoms with van der Waals surface area (Å²) in [5, 5.41) is 3.35. The van der Waals surface area contributed by atoms with Gasteiger partial charge in [0, 0.05) is 12.6 Å². The third-order valence-corrected chi connectivity index (χ3v) is 1.90. The van der Waals surface area contributed by atoms with Gasteiger partial charge in [-0.15, -0.1) is 0 Å². The highest BCUT2D eigenvalue weighted by Gasteiger charge is 2.20. The van der Waals surface area contributed by atoms with Crippen molar-refractivity contribution in [1.82, 2.24) is 15.3 Å². The van der Waals surface area contributed by atoms with Gasteiger partial charge in [-0.3, -0.25) is 0 Å². The lowest BCUT2D eigenvalue weighted by molar-refractivity contribution is 0.678. The number of aromatic nitrogens is 2. The first-order valence-electron chi connectivity index (χ1n) is 3.87. The SMILES string of the molecule is Nc1nc[nH]c1CNC1CC1. The van der Waals surface area contributed by atoms with Crippen LogP contribution < -0.4 is 11.1 Å². The van der Waals surface area contributed by atoms with Crippen LogP contribution in [0.15, 0.2) is 6.33 Å². The van der Waals surface area contributed by atoms with Gasteiger partial charge in [0.15, 0.2) is 0 Å². The van der Waals surface area contributed by atoms with Gasteiger partial charge < -0.3 is 16.0 Å². The first-order valence-corrected chi connectivity index (χ1v) is 3.87. The van der Waals surface area contributed by atoms with Crippen LogP contribution in [0.1, 0.15) is 18.5 Å². The molecule has 2 rings (SSSR count). The lowest BCUT2D eigenvalue weighted by atomic mass is 10.4. The second-order valence-corrected chi connectivity index (χ2v) is 2.92. The van der Waals surface area contributed by atoms with Gasteiger partial charge in [-0.25, -0.2) is 4.98 Å². The standard InChI is InChI=1S/C7H12N4/c8-7-6(10-4-11-7)3-9-5-1-2-5/h4-5,9H,1-3,8H2,(H,10,11). The molecule has 0 aliphatic heterocycles. The second-order valence-electron chi connectivity index (χ2n) is 2.92. The maximum absolute atomic E-state index is 5.56. The highest BCUT2D eigenvalue weighted by atomic mass is 15.0. The minimum Gasteiger partial charge on any atom is -0.382 e. The van der Waals surface area contributed by atoms with E-state index in [9.17, 15) is 0 Å². The molecule has 1 fully saturated rings. The second kappa shape index (κ2) is 2.54. The zero-order valence-electron chi connectivity index (χ0n) is 6.30. The number of nitrogens with two attached hydrogens (primary N) is 1. The zero-order chi connectivity index (χ0) is 7.68. The van der Waals surface area contributed by atoms with Crippen molar-refractivity contribution in [2.24, 2.45) is 0 Å². The Morgan fingerprint density at radius 1 is 1.73 bits per heavy atom. The topological polar surface area (TPSA) is 66.7 Å². The van der Waals surface area contributed by atoms with Crippen molar-refractivity contribution in [3.8, 4) is 0 Å². The fourth-order valence-electron chi connectivity index (χ4n) is 1.01. The number of hydrogen-bond donors (Lipinski definition) is 3. The first-order chi connectivity index (χ1) is 5.36. The maximum atomic E-state index is 5.56. The van der Waals surface area contributed by atoms with E-state index in [-0.39, 0.29) is 0 Å². The van der Waals surface area contributed by atoms with Crippen LogP contribution in [0, 0.1) is 0 Å². The van der Waals surface area contributed by atoms with Crippen LogP contribution in [0.3, 0.4) is 0 Å². The maximum Gasteiger partial charge on any atom is 0.146 e. The molecule has 1 aromatic heterocycles. The molecule has 0 unspecified atom stereocenters. The Hall–Kier alpha value is -1.03. The Bertz CT molecular complexity index is 238. The Morgan fingerprint density at radius 3 is 3.09 bits per heavy atom. The number of nitrogens with zero attached hydrogens (tertiary/aromatic N) is 1. The average molecular weight is 152 g/mol. The number of imidazole rings is 1. The lowest BCUT2D eigenvalue weighted by Gasteiger charge is -1.99. The van der Waals surface area contributed by atoms with Gasteiger partial charge in [0.25, 0.3) is 0 Å². The summed E-state index contributed by atoms with van der Waals surface area (Å²) in [6, 6.07) is 0.720. The van der Waals surface area contributed by atoms with Gasteiger partial charge in [0.1, 0.15) is 5.82 Å². The lowest BCUT2D eigenvalue weighted by Crippen LogP contribution is -2.16. The zero-order valence-corrected chi connectivity index (χ0v) is 6.30. The molecular weight excluding hydrogens is 140 g/mol. The van der Waals surface area contributed by atoms with Crippen molar-refractivity contribution < 1.29 is 0 Å². The molecule has 1 aliphatic carbocycles. The number of H-pyrrole nitrogens is 1. The molecule has 0 spiro atoms. The predicted molar refractivity (Wildman–Crippen MR) is 42.9 cm³/mol. The molecule has 4 heteroatoms. The Kier molecular flexibility index (Phi) is 1.54. The van der Waals surface area contributed by atoms with E-state index in [0.717, 1.165) is 18.3 Å². The average Bonchev–Trinajstić information content (AvgIpc) is 2.73. The van der Waals surface area contributed by atoms with Crippen molar-refractivity contribution in [2.45, 2.75) is 25.4 Å². The van der Waals surface area contributed by atoms with Crippen molar-refractivity contribution >= 4 is 5.82 Å². The number of nitrogen functional groups attached to an aromatic ring is 1. The monoisotopic (exact) mass is 152 g/mol. The molecule has 1 saturated carbocycles. The van der Waals surface area contributed by atoms with E-state index in [1.54, 1.807) is 6.33 Å². The normalized spacial score (nSPS) is 17.1. The minimum absolute atomic E-state index is 0.609. The number of anilines is 1. The summed E-state index contributed by atoms with van der Waals surface area (Å²) in [6.45, 7) is 0.816. The van der Waals surface area contributed by atoms with Gasteiger partial charge in [-0.05, 0) is 12.8 Å². The largest absolute Gasteiger partial charge is 0.382 e. The Balaban J connectivity index is 1.89. The minimum atomic E-state index is 0.609. The highest BCUT2D eigenvalue weighted by molar-refractivity contribution is 5.33. The quantitative estimate of drug-likeness (QED) is 0.581. The van der Waals surface area contributed by atoms with Gasteiger partial charge in [0.05, 0.1) is 12.0 Å². The summed E-state index contributed by atoms with van der Waals surface area (Å²) in [5.41, 5.74) is 6.56. The van der Waals surface area contributed by atoms with E-state index in [1.807, 2.05) is 0 Å². The third kappa shape index (κ3) is 1.51. The van der Waals surface area contributed by atoms with Crippen LogP contribution in [0.5, 0.6) is 0 Å². The molecule has 0 bridgehead atoms. The summed E-state index contributed by atoms with van der Waals surface area (Å²) in [6.07, 6.45) is 4.22. The number of rotatable bonds is 3. The van der Waals surface area contributed by atoms with Crippen molar-refractivity contribution in [3.05, 3.63) is 12.0 Å². The fraction of sp³-hybridized carbons (Fsp3) is 0.571.